The summed E-state index contributed by atoms with van der Waals surface area (Å²) in [4.78, 5) is 46.0. The van der Waals surface area contributed by atoms with Crippen LogP contribution in [0.4, 0.5) is 5.82 Å². The molecule has 11 nitrogen and oxygen atoms in total. The van der Waals surface area contributed by atoms with E-state index in [9.17, 15) is 14.4 Å². The van der Waals surface area contributed by atoms with Crippen LogP contribution in [0.15, 0.2) is 56.7 Å². The van der Waals surface area contributed by atoms with Crippen molar-refractivity contribution in [1.29, 1.82) is 0 Å². The van der Waals surface area contributed by atoms with Crippen LogP contribution in [0.25, 0.3) is 17.2 Å². The summed E-state index contributed by atoms with van der Waals surface area (Å²) >= 11 is 5.78. The molecule has 0 aliphatic rings. The first-order chi connectivity index (χ1) is 16.4. The number of anilines is 1. The molecule has 3 aromatic heterocycles. The van der Waals surface area contributed by atoms with Gasteiger partial charge in [0.2, 0.25) is 17.6 Å². The summed E-state index contributed by atoms with van der Waals surface area (Å²) in [6.45, 7) is 3.75. The predicted octanol–water partition coefficient (Wildman–Crippen LogP) is 2.39. The van der Waals surface area contributed by atoms with Gasteiger partial charge in [-0.2, -0.15) is 14.8 Å². The molecule has 1 amide bonds. The maximum absolute atomic E-state index is 12.8. The fourth-order valence-electron chi connectivity index (χ4n) is 3.12. The second-order valence-electron chi connectivity index (χ2n) is 7.35. The fraction of sp³-hybridized carbons (Fsp3) is 0.227. The number of aromatic nitrogens is 6. The Kier molecular flexibility index (Phi) is 6.64. The molecule has 0 saturated carbocycles. The Bertz CT molecular complexity index is 1440. The first kappa shape index (κ1) is 23.1. The van der Waals surface area contributed by atoms with Crippen molar-refractivity contribution in [3.05, 3.63) is 79.9 Å². The predicted molar refractivity (Wildman–Crippen MR) is 124 cm³/mol. The van der Waals surface area contributed by atoms with Crippen LogP contribution in [0.3, 0.4) is 0 Å². The van der Waals surface area contributed by atoms with Crippen LogP contribution < -0.4 is 16.6 Å². The van der Waals surface area contributed by atoms with Crippen molar-refractivity contribution in [2.45, 2.75) is 33.2 Å². The van der Waals surface area contributed by atoms with Crippen molar-refractivity contribution in [3.8, 4) is 17.2 Å². The Morgan fingerprint density at radius 2 is 1.91 bits per heavy atom. The number of carbonyl (C=O) groups excluding carboxylic acids is 1. The third kappa shape index (κ3) is 4.94. The molecule has 1 N–H and O–H groups in total. The number of carbonyl (C=O) groups is 1. The Balaban J connectivity index is 1.56. The molecule has 4 aromatic rings. The average molecular weight is 482 g/mol. The summed E-state index contributed by atoms with van der Waals surface area (Å²) in [7, 11) is 0. The van der Waals surface area contributed by atoms with E-state index in [2.05, 4.69) is 25.5 Å². The first-order valence-electron chi connectivity index (χ1n) is 10.4. The fourth-order valence-corrected chi connectivity index (χ4v) is 3.23. The number of pyridine rings is 1. The number of benzene rings is 1. The van der Waals surface area contributed by atoms with E-state index in [1.165, 1.54) is 6.20 Å². The van der Waals surface area contributed by atoms with Crippen LogP contribution in [-0.4, -0.2) is 35.4 Å². The molecule has 12 heteroatoms. The first-order valence-corrected chi connectivity index (χ1v) is 10.8. The Morgan fingerprint density at radius 3 is 2.59 bits per heavy atom. The maximum atomic E-state index is 12.8. The Morgan fingerprint density at radius 1 is 1.15 bits per heavy atom. The molecule has 3 heterocycles. The number of amides is 1. The average Bonchev–Trinajstić information content (AvgIpc) is 3.29. The van der Waals surface area contributed by atoms with Gasteiger partial charge in [0, 0.05) is 25.6 Å². The minimum Gasteiger partial charge on any atom is -0.339 e. The SMILES string of the molecule is CCn1c(=O)c(-c2noc(CCC(=O)Nc3ccc(Cl)cn3)n2)nn(-c2ccc(C)cc2)c1=O. The van der Waals surface area contributed by atoms with Crippen LogP contribution >= 0.6 is 11.6 Å². The molecular weight excluding hydrogens is 462 g/mol. The summed E-state index contributed by atoms with van der Waals surface area (Å²) < 4.78 is 7.38. The highest BCUT2D eigenvalue weighted by Gasteiger charge is 2.20. The number of hydrogen-bond acceptors (Lipinski definition) is 8. The molecule has 4 rings (SSSR count). The lowest BCUT2D eigenvalue weighted by atomic mass is 10.2. The van der Waals surface area contributed by atoms with Crippen molar-refractivity contribution < 1.29 is 9.32 Å². The lowest BCUT2D eigenvalue weighted by Gasteiger charge is -2.09. The monoisotopic (exact) mass is 481 g/mol. The van der Waals surface area contributed by atoms with Crippen LogP contribution in [0.1, 0.15) is 24.8 Å². The van der Waals surface area contributed by atoms with Gasteiger partial charge in [-0.05, 0) is 38.1 Å². The van der Waals surface area contributed by atoms with E-state index in [1.807, 2.05) is 19.1 Å². The molecule has 0 saturated heterocycles. The summed E-state index contributed by atoms with van der Waals surface area (Å²) in [5.41, 5.74) is 0.174. The molecule has 1 aromatic carbocycles. The van der Waals surface area contributed by atoms with Gasteiger partial charge in [0.1, 0.15) is 5.82 Å². The summed E-state index contributed by atoms with van der Waals surface area (Å²) in [5, 5.41) is 11.1. The molecule has 0 fully saturated rings. The summed E-state index contributed by atoms with van der Waals surface area (Å²) in [6, 6.07) is 10.3. The summed E-state index contributed by atoms with van der Waals surface area (Å²) in [5.74, 6) is 0.131. The number of rotatable bonds is 7. The van der Waals surface area contributed by atoms with E-state index >= 15 is 0 Å². The van der Waals surface area contributed by atoms with Gasteiger partial charge in [-0.15, -0.1) is 0 Å². The van der Waals surface area contributed by atoms with E-state index in [0.29, 0.717) is 16.5 Å². The zero-order valence-electron chi connectivity index (χ0n) is 18.4. The molecular formula is C22H20ClN7O4. The number of nitrogens with one attached hydrogen (secondary N) is 1. The number of aryl methyl sites for hydroxylation is 2. The topological polar surface area (TPSA) is 138 Å². The lowest BCUT2D eigenvalue weighted by molar-refractivity contribution is -0.116. The molecule has 0 atom stereocenters. The third-order valence-corrected chi connectivity index (χ3v) is 5.12. The van der Waals surface area contributed by atoms with E-state index in [1.54, 1.807) is 31.2 Å². The Hall–Kier alpha value is -4.12. The van der Waals surface area contributed by atoms with Gasteiger partial charge in [-0.25, -0.2) is 9.78 Å². The highest BCUT2D eigenvalue weighted by Crippen LogP contribution is 2.13. The van der Waals surface area contributed by atoms with Crippen LogP contribution in [0, 0.1) is 6.92 Å². The number of nitrogens with zero attached hydrogens (tertiary/aromatic N) is 6. The van der Waals surface area contributed by atoms with Gasteiger partial charge in [0.15, 0.2) is 5.69 Å². The second kappa shape index (κ2) is 9.79. The summed E-state index contributed by atoms with van der Waals surface area (Å²) in [6.07, 6.45) is 1.60. The minimum absolute atomic E-state index is 0.0431. The largest absolute Gasteiger partial charge is 0.352 e. The van der Waals surface area contributed by atoms with E-state index in [4.69, 9.17) is 16.1 Å². The third-order valence-electron chi connectivity index (χ3n) is 4.90. The quantitative estimate of drug-likeness (QED) is 0.424. The zero-order valence-corrected chi connectivity index (χ0v) is 19.1. The second-order valence-corrected chi connectivity index (χ2v) is 7.79. The van der Waals surface area contributed by atoms with E-state index in [0.717, 1.165) is 14.8 Å². The highest BCUT2D eigenvalue weighted by molar-refractivity contribution is 6.30. The van der Waals surface area contributed by atoms with Gasteiger partial charge in [-0.3, -0.25) is 14.2 Å². The smallest absolute Gasteiger partial charge is 0.339 e. The van der Waals surface area contributed by atoms with Crippen molar-refractivity contribution in [1.82, 2.24) is 29.5 Å². The number of halogens is 1. The van der Waals surface area contributed by atoms with Gasteiger partial charge in [-0.1, -0.05) is 34.5 Å². The number of hydrogen-bond donors (Lipinski definition) is 1. The van der Waals surface area contributed by atoms with Gasteiger partial charge in [0.25, 0.3) is 5.56 Å². The van der Waals surface area contributed by atoms with Crippen molar-refractivity contribution >= 4 is 23.3 Å². The standard InChI is InChI=1S/C22H20ClN7O4/c1-3-29-21(32)19(27-30(22(29)33)15-7-4-13(2)5-8-15)20-26-18(34-28-20)11-10-17(31)25-16-9-6-14(23)12-24-16/h4-9,12H,3,10-11H2,1-2H3,(H,24,25,31). The molecule has 0 spiro atoms. The lowest BCUT2D eigenvalue weighted by Crippen LogP contribution is -2.41. The van der Waals surface area contributed by atoms with Crippen molar-refractivity contribution in [2.24, 2.45) is 0 Å². The minimum atomic E-state index is -0.630. The van der Waals surface area contributed by atoms with Crippen LogP contribution in [-0.2, 0) is 17.8 Å². The normalized spacial score (nSPS) is 10.9. The van der Waals surface area contributed by atoms with Gasteiger partial charge >= 0.3 is 5.69 Å². The van der Waals surface area contributed by atoms with Gasteiger partial charge < -0.3 is 9.84 Å². The maximum Gasteiger partial charge on any atom is 0.352 e. The molecule has 34 heavy (non-hydrogen) atoms. The van der Waals surface area contributed by atoms with Gasteiger partial charge in [0.05, 0.1) is 10.7 Å². The molecule has 0 bridgehead atoms. The molecule has 174 valence electrons. The van der Waals surface area contributed by atoms with E-state index in [-0.39, 0.29) is 42.7 Å². The van der Waals surface area contributed by atoms with Crippen molar-refractivity contribution in [2.75, 3.05) is 5.32 Å². The molecule has 0 aliphatic heterocycles. The van der Waals surface area contributed by atoms with Crippen molar-refractivity contribution in [3.63, 3.8) is 0 Å². The van der Waals surface area contributed by atoms with Crippen LogP contribution in [0.5, 0.6) is 0 Å². The zero-order chi connectivity index (χ0) is 24.2. The molecule has 0 radical (unpaired) electrons. The highest BCUT2D eigenvalue weighted by atomic mass is 35.5. The Labute approximate surface area is 198 Å². The van der Waals surface area contributed by atoms with E-state index < -0.39 is 11.2 Å². The molecule has 0 unspecified atom stereocenters. The van der Waals surface area contributed by atoms with Crippen LogP contribution in [0.2, 0.25) is 5.02 Å². The molecule has 0 aliphatic carbocycles.